The smallest absolute Gasteiger partial charge is 0.290 e. The topological polar surface area (TPSA) is 50.2 Å². The van der Waals surface area contributed by atoms with Crippen molar-refractivity contribution in [2.75, 3.05) is 25.0 Å². The number of hydrogen-bond donors (Lipinski definition) is 1. The molecule has 4 rings (SSSR count). The lowest BCUT2D eigenvalue weighted by molar-refractivity contribution is 0.0950. The van der Waals surface area contributed by atoms with Crippen LogP contribution in [0.1, 0.15) is 33.3 Å². The average Bonchev–Trinajstić information content (AvgIpc) is 3.42. The van der Waals surface area contributed by atoms with Crippen LogP contribution >= 0.6 is 11.3 Å². The van der Waals surface area contributed by atoms with E-state index in [0.717, 1.165) is 36.6 Å². The molecule has 1 aromatic carbocycles. The Balaban J connectivity index is 1.66. The van der Waals surface area contributed by atoms with E-state index in [9.17, 15) is 9.18 Å². The van der Waals surface area contributed by atoms with Crippen LogP contribution in [0.3, 0.4) is 0 Å². The number of halogens is 1. The highest BCUT2D eigenvalue weighted by atomic mass is 32.1. The minimum absolute atomic E-state index is 0.122. The molecule has 1 aliphatic heterocycles. The summed E-state index contributed by atoms with van der Waals surface area (Å²) in [4.78, 5) is 15.6. The van der Waals surface area contributed by atoms with Gasteiger partial charge in [0, 0.05) is 32.1 Å². The van der Waals surface area contributed by atoms with Crippen molar-refractivity contribution in [3.63, 3.8) is 0 Å². The Kier molecular flexibility index (Phi) is 5.05. The minimum Gasteiger partial charge on any atom is -0.355 e. The fraction of sp³-hybridized carbons (Fsp3) is 0.300. The molecule has 0 bridgehead atoms. The predicted octanol–water partition coefficient (Wildman–Crippen LogP) is 3.49. The summed E-state index contributed by atoms with van der Waals surface area (Å²) in [7, 11) is 1.93. The van der Waals surface area contributed by atoms with Crippen molar-refractivity contribution in [1.29, 1.82) is 0 Å². The van der Waals surface area contributed by atoms with Gasteiger partial charge in [0.15, 0.2) is 0 Å². The predicted molar refractivity (Wildman–Crippen MR) is 105 cm³/mol. The van der Waals surface area contributed by atoms with E-state index in [1.165, 1.54) is 28.2 Å². The molecule has 1 aliphatic rings. The first kappa shape index (κ1) is 17.9. The number of anilines is 1. The lowest BCUT2D eigenvalue weighted by Crippen LogP contribution is -2.24. The zero-order valence-corrected chi connectivity index (χ0v) is 15.9. The van der Waals surface area contributed by atoms with Crippen LogP contribution in [0.25, 0.3) is 0 Å². The zero-order chi connectivity index (χ0) is 18.8. The molecule has 7 heteroatoms. The quantitative estimate of drug-likeness (QED) is 0.732. The van der Waals surface area contributed by atoms with E-state index in [4.69, 9.17) is 0 Å². The molecule has 27 heavy (non-hydrogen) atoms. The minimum atomic E-state index is -0.254. The van der Waals surface area contributed by atoms with Gasteiger partial charge in [-0.2, -0.15) is 9.78 Å². The van der Waals surface area contributed by atoms with Crippen LogP contribution in [-0.2, 0) is 6.54 Å². The number of benzene rings is 1. The van der Waals surface area contributed by atoms with Gasteiger partial charge in [0.1, 0.15) is 11.6 Å². The molecule has 1 unspecified atom stereocenters. The van der Waals surface area contributed by atoms with Gasteiger partial charge in [0.05, 0.1) is 10.6 Å². The van der Waals surface area contributed by atoms with Crippen LogP contribution in [0.5, 0.6) is 0 Å². The fourth-order valence-corrected chi connectivity index (χ4v) is 4.01. The molecule has 1 fully saturated rings. The lowest BCUT2D eigenvalue weighted by atomic mass is 10.1. The number of thiophene rings is 1. The van der Waals surface area contributed by atoms with Gasteiger partial charge in [-0.1, -0.05) is 18.2 Å². The van der Waals surface area contributed by atoms with Crippen molar-refractivity contribution in [3.8, 4) is 0 Å². The zero-order valence-electron chi connectivity index (χ0n) is 15.1. The van der Waals surface area contributed by atoms with Gasteiger partial charge in [-0.05, 0) is 42.1 Å². The summed E-state index contributed by atoms with van der Waals surface area (Å²) in [5, 5.41) is 9.90. The van der Waals surface area contributed by atoms with Gasteiger partial charge in [-0.15, -0.1) is 11.3 Å². The molecule has 0 amide bonds. The highest BCUT2D eigenvalue weighted by Crippen LogP contribution is 2.27. The first-order valence-electron chi connectivity index (χ1n) is 8.96. The molecule has 3 heterocycles. The standard InChI is InChI=1S/C20H21FN4OS/c1-24(13-14-4-6-16(21)7-5-14)19-11-17(15-8-9-22-12-15)23-25(19)20(26)18-3-2-10-27-18/h2-7,10-11,15,22H,8-9,12-13H2,1H3. The summed E-state index contributed by atoms with van der Waals surface area (Å²) in [6, 6.07) is 12.1. The maximum atomic E-state index is 13.2. The van der Waals surface area contributed by atoms with E-state index in [-0.39, 0.29) is 11.7 Å². The Hall–Kier alpha value is -2.51. The Morgan fingerprint density at radius 2 is 2.19 bits per heavy atom. The summed E-state index contributed by atoms with van der Waals surface area (Å²) in [6.07, 6.45) is 1.02. The van der Waals surface area contributed by atoms with Crippen molar-refractivity contribution in [3.05, 3.63) is 69.8 Å². The Morgan fingerprint density at radius 1 is 1.37 bits per heavy atom. The van der Waals surface area contributed by atoms with E-state index in [0.29, 0.717) is 17.3 Å². The van der Waals surface area contributed by atoms with Crippen molar-refractivity contribution in [2.24, 2.45) is 0 Å². The van der Waals surface area contributed by atoms with Crippen LogP contribution in [0.15, 0.2) is 47.8 Å². The number of aromatic nitrogens is 2. The molecule has 140 valence electrons. The summed E-state index contributed by atoms with van der Waals surface area (Å²) >= 11 is 1.41. The van der Waals surface area contributed by atoms with Crippen molar-refractivity contribution < 1.29 is 9.18 Å². The molecule has 0 saturated carbocycles. The maximum absolute atomic E-state index is 13.2. The van der Waals surface area contributed by atoms with Gasteiger partial charge >= 0.3 is 0 Å². The summed E-state index contributed by atoms with van der Waals surface area (Å²) < 4.78 is 14.7. The van der Waals surface area contributed by atoms with Crippen LogP contribution < -0.4 is 10.2 Å². The first-order chi connectivity index (χ1) is 13.1. The Labute approximate surface area is 161 Å². The third-order valence-electron chi connectivity index (χ3n) is 4.84. The highest BCUT2D eigenvalue weighted by Gasteiger charge is 2.25. The molecule has 0 spiro atoms. The second-order valence-corrected chi connectivity index (χ2v) is 7.74. The van der Waals surface area contributed by atoms with Crippen LogP contribution in [-0.4, -0.2) is 35.8 Å². The van der Waals surface area contributed by atoms with E-state index in [1.54, 1.807) is 12.1 Å². The van der Waals surface area contributed by atoms with Crippen LogP contribution in [0, 0.1) is 5.82 Å². The van der Waals surface area contributed by atoms with Crippen molar-refractivity contribution in [2.45, 2.75) is 18.9 Å². The number of nitrogens with one attached hydrogen (secondary N) is 1. The first-order valence-corrected chi connectivity index (χ1v) is 9.84. The van der Waals surface area contributed by atoms with E-state index >= 15 is 0 Å². The van der Waals surface area contributed by atoms with Gasteiger partial charge in [-0.25, -0.2) is 4.39 Å². The number of nitrogens with zero attached hydrogens (tertiary/aromatic N) is 3. The van der Waals surface area contributed by atoms with E-state index in [1.807, 2.05) is 35.5 Å². The van der Waals surface area contributed by atoms with Gasteiger partial charge in [0.25, 0.3) is 5.91 Å². The van der Waals surface area contributed by atoms with Crippen LogP contribution in [0.4, 0.5) is 10.2 Å². The number of carbonyl (C=O) groups is 1. The number of rotatable bonds is 5. The summed E-state index contributed by atoms with van der Waals surface area (Å²) in [5.41, 5.74) is 1.91. The molecule has 1 saturated heterocycles. The van der Waals surface area contributed by atoms with Gasteiger partial charge in [-0.3, -0.25) is 4.79 Å². The largest absolute Gasteiger partial charge is 0.355 e. The lowest BCUT2D eigenvalue weighted by Gasteiger charge is -2.19. The van der Waals surface area contributed by atoms with Crippen LogP contribution in [0.2, 0.25) is 0 Å². The molecule has 0 aliphatic carbocycles. The summed E-state index contributed by atoms with van der Waals surface area (Å²) in [5.74, 6) is 0.693. The number of hydrogen-bond acceptors (Lipinski definition) is 5. The molecule has 1 N–H and O–H groups in total. The second-order valence-electron chi connectivity index (χ2n) is 6.79. The highest BCUT2D eigenvalue weighted by molar-refractivity contribution is 7.12. The molecule has 2 aromatic heterocycles. The normalized spacial score (nSPS) is 16.6. The number of carbonyl (C=O) groups excluding carboxylic acids is 1. The van der Waals surface area contributed by atoms with Crippen molar-refractivity contribution in [1.82, 2.24) is 15.1 Å². The Morgan fingerprint density at radius 3 is 2.85 bits per heavy atom. The third-order valence-corrected chi connectivity index (χ3v) is 5.69. The van der Waals surface area contributed by atoms with Gasteiger partial charge < -0.3 is 10.2 Å². The SMILES string of the molecule is CN(Cc1ccc(F)cc1)c1cc(C2CCNC2)nn1C(=O)c1cccs1. The van der Waals surface area contributed by atoms with Crippen molar-refractivity contribution >= 4 is 23.1 Å². The molecule has 0 radical (unpaired) electrons. The van der Waals surface area contributed by atoms with Gasteiger partial charge in [0.2, 0.25) is 0 Å². The monoisotopic (exact) mass is 384 g/mol. The third kappa shape index (κ3) is 3.79. The molecular formula is C20H21FN4OS. The second kappa shape index (κ2) is 7.62. The van der Waals surface area contributed by atoms with E-state index in [2.05, 4.69) is 10.4 Å². The molecule has 3 aromatic rings. The molecular weight excluding hydrogens is 363 g/mol. The summed E-state index contributed by atoms with van der Waals surface area (Å²) in [6.45, 7) is 2.41. The maximum Gasteiger partial charge on any atom is 0.290 e. The molecule has 1 atom stereocenters. The van der Waals surface area contributed by atoms with E-state index < -0.39 is 0 Å². The fourth-order valence-electron chi connectivity index (χ4n) is 3.37. The average molecular weight is 384 g/mol. The molecule has 5 nitrogen and oxygen atoms in total. The Bertz CT molecular complexity index is 914.